The molecule has 0 bridgehead atoms. The van der Waals surface area contributed by atoms with Crippen LogP contribution in [0.25, 0.3) is 0 Å². The maximum absolute atomic E-state index is 6.10. The molecule has 0 heterocycles. The summed E-state index contributed by atoms with van der Waals surface area (Å²) in [5.74, 6) is 1.45. The van der Waals surface area contributed by atoms with Crippen molar-refractivity contribution in [3.63, 3.8) is 0 Å². The van der Waals surface area contributed by atoms with Gasteiger partial charge in [-0.3, -0.25) is 0 Å². The highest BCUT2D eigenvalue weighted by Crippen LogP contribution is 2.45. The third-order valence-corrected chi connectivity index (χ3v) is 5.72. The maximum Gasteiger partial charge on any atom is 0.141 e. The van der Waals surface area contributed by atoms with Gasteiger partial charge in [0.05, 0.1) is 19.0 Å². The molecule has 0 spiro atoms. The molecule has 0 aliphatic heterocycles. The Balaban J connectivity index is 2.55. The minimum Gasteiger partial charge on any atom is -0.495 e. The van der Waals surface area contributed by atoms with Crippen LogP contribution in [0.1, 0.15) is 16.0 Å². The molecule has 2 rings (SSSR count). The summed E-state index contributed by atoms with van der Waals surface area (Å²) in [6.07, 6.45) is 0. The van der Waals surface area contributed by atoms with Crippen molar-refractivity contribution in [3.05, 3.63) is 55.4 Å². The minimum atomic E-state index is -0.0669. The van der Waals surface area contributed by atoms with E-state index < -0.39 is 0 Å². The molecule has 0 saturated carbocycles. The second-order valence-electron chi connectivity index (χ2n) is 4.23. The number of rotatable bonds is 4. The Bertz CT molecular complexity index is 662. The lowest BCUT2D eigenvalue weighted by atomic mass is 10.0. The van der Waals surface area contributed by atoms with Crippen LogP contribution in [0.15, 0.2) is 39.3 Å². The zero-order chi connectivity index (χ0) is 15.6. The molecule has 21 heavy (non-hydrogen) atoms. The fourth-order valence-electron chi connectivity index (χ4n) is 1.99. The first-order chi connectivity index (χ1) is 9.99. The molecule has 0 N–H and O–H groups in total. The van der Waals surface area contributed by atoms with Crippen LogP contribution in [0.5, 0.6) is 11.5 Å². The summed E-state index contributed by atoms with van der Waals surface area (Å²) in [6, 6.07) is 9.56. The number of halogens is 4. The molecule has 2 aromatic carbocycles. The normalized spacial score (nSPS) is 12.1. The fraction of sp³-hybridized carbons (Fsp3) is 0.200. The quantitative estimate of drug-likeness (QED) is 0.456. The molecule has 0 saturated heterocycles. The van der Waals surface area contributed by atoms with Crippen molar-refractivity contribution in [2.75, 3.05) is 14.2 Å². The molecule has 2 nitrogen and oxygen atoms in total. The standard InChI is InChI=1S/C15H12Br3ClO2/c1-20-12-6-4-9(15(21-2)14(12)18)13(17)10-7-8(19)3-5-11(10)16/h3-7,13H,1-2H3. The Hall–Kier alpha value is -0.230. The highest BCUT2D eigenvalue weighted by atomic mass is 79.9. The molecule has 112 valence electrons. The third kappa shape index (κ3) is 3.58. The van der Waals surface area contributed by atoms with E-state index in [9.17, 15) is 0 Å². The van der Waals surface area contributed by atoms with E-state index in [0.717, 1.165) is 31.6 Å². The summed E-state index contributed by atoms with van der Waals surface area (Å²) in [7, 11) is 3.26. The van der Waals surface area contributed by atoms with Crippen LogP contribution in [0.3, 0.4) is 0 Å². The number of alkyl halides is 1. The molecule has 6 heteroatoms. The second-order valence-corrected chi connectivity index (χ2v) is 7.23. The monoisotopic (exact) mass is 496 g/mol. The van der Waals surface area contributed by atoms with Crippen molar-refractivity contribution in [1.29, 1.82) is 0 Å². The van der Waals surface area contributed by atoms with Gasteiger partial charge in [-0.2, -0.15) is 0 Å². The largest absolute Gasteiger partial charge is 0.495 e. The molecule has 0 aliphatic rings. The first kappa shape index (κ1) is 17.1. The lowest BCUT2D eigenvalue weighted by molar-refractivity contribution is 0.386. The van der Waals surface area contributed by atoms with Gasteiger partial charge in [-0.15, -0.1) is 0 Å². The van der Waals surface area contributed by atoms with Crippen LogP contribution in [0, 0.1) is 0 Å². The minimum absolute atomic E-state index is 0.0669. The van der Waals surface area contributed by atoms with Crippen LogP contribution in [-0.4, -0.2) is 14.2 Å². The van der Waals surface area contributed by atoms with Crippen molar-refractivity contribution < 1.29 is 9.47 Å². The van der Waals surface area contributed by atoms with Crippen molar-refractivity contribution in [1.82, 2.24) is 0 Å². The Kier molecular flexibility index (Phi) is 6.00. The summed E-state index contributed by atoms with van der Waals surface area (Å²) in [5, 5.41) is 0.684. The third-order valence-electron chi connectivity index (χ3n) is 3.02. The van der Waals surface area contributed by atoms with Crippen molar-refractivity contribution in [2.24, 2.45) is 0 Å². The van der Waals surface area contributed by atoms with Gasteiger partial charge in [-0.25, -0.2) is 0 Å². The molecule has 0 aromatic heterocycles. The van der Waals surface area contributed by atoms with Gasteiger partial charge >= 0.3 is 0 Å². The van der Waals surface area contributed by atoms with Gasteiger partial charge in [0, 0.05) is 15.1 Å². The van der Waals surface area contributed by atoms with E-state index >= 15 is 0 Å². The molecular weight excluding hydrogens is 487 g/mol. The Morgan fingerprint density at radius 3 is 2.33 bits per heavy atom. The van der Waals surface area contributed by atoms with Gasteiger partial charge in [-0.05, 0) is 45.8 Å². The van der Waals surface area contributed by atoms with Crippen molar-refractivity contribution in [2.45, 2.75) is 4.83 Å². The number of ether oxygens (including phenoxy) is 2. The first-order valence-electron chi connectivity index (χ1n) is 5.99. The Morgan fingerprint density at radius 1 is 1.00 bits per heavy atom. The first-order valence-corrected chi connectivity index (χ1v) is 8.87. The highest BCUT2D eigenvalue weighted by Gasteiger charge is 2.21. The predicted molar refractivity (Wildman–Crippen MR) is 97.2 cm³/mol. The van der Waals surface area contributed by atoms with E-state index in [0.29, 0.717) is 5.02 Å². The molecule has 1 atom stereocenters. The number of hydrogen-bond donors (Lipinski definition) is 0. The van der Waals surface area contributed by atoms with Crippen LogP contribution in [0.2, 0.25) is 5.02 Å². The van der Waals surface area contributed by atoms with Crippen LogP contribution in [0.4, 0.5) is 0 Å². The van der Waals surface area contributed by atoms with E-state index in [2.05, 4.69) is 47.8 Å². The molecule has 1 unspecified atom stereocenters. The van der Waals surface area contributed by atoms with E-state index in [1.54, 1.807) is 14.2 Å². The topological polar surface area (TPSA) is 18.5 Å². The molecule has 0 amide bonds. The zero-order valence-electron chi connectivity index (χ0n) is 11.3. The SMILES string of the molecule is COc1ccc(C(Br)c2cc(Cl)ccc2Br)c(OC)c1Br. The summed E-state index contributed by atoms with van der Waals surface area (Å²) in [6.45, 7) is 0. The zero-order valence-corrected chi connectivity index (χ0v) is 16.8. The van der Waals surface area contributed by atoms with Gasteiger partial charge < -0.3 is 9.47 Å². The summed E-state index contributed by atoms with van der Waals surface area (Å²) >= 11 is 16.9. The van der Waals surface area contributed by atoms with Gasteiger partial charge in [0.15, 0.2) is 0 Å². The van der Waals surface area contributed by atoms with E-state index in [1.165, 1.54) is 0 Å². The molecule has 0 fully saturated rings. The van der Waals surface area contributed by atoms with Crippen molar-refractivity contribution >= 4 is 59.4 Å². The summed E-state index contributed by atoms with van der Waals surface area (Å²) in [5.41, 5.74) is 2.01. The van der Waals surface area contributed by atoms with E-state index in [1.807, 2.05) is 30.3 Å². The number of hydrogen-bond acceptors (Lipinski definition) is 2. The van der Waals surface area contributed by atoms with Gasteiger partial charge in [0.25, 0.3) is 0 Å². The van der Waals surface area contributed by atoms with Crippen LogP contribution >= 0.6 is 59.4 Å². The van der Waals surface area contributed by atoms with E-state index in [4.69, 9.17) is 21.1 Å². The van der Waals surface area contributed by atoms with Crippen LogP contribution < -0.4 is 9.47 Å². The van der Waals surface area contributed by atoms with Crippen molar-refractivity contribution in [3.8, 4) is 11.5 Å². The average molecular weight is 499 g/mol. The maximum atomic E-state index is 6.10. The summed E-state index contributed by atoms with van der Waals surface area (Å²) < 4.78 is 12.6. The average Bonchev–Trinajstić information content (AvgIpc) is 2.48. The molecule has 2 aromatic rings. The number of benzene rings is 2. The van der Waals surface area contributed by atoms with Crippen LogP contribution in [-0.2, 0) is 0 Å². The lowest BCUT2D eigenvalue weighted by Gasteiger charge is -2.18. The summed E-state index contributed by atoms with van der Waals surface area (Å²) in [4.78, 5) is -0.0669. The Morgan fingerprint density at radius 2 is 1.71 bits per heavy atom. The number of methoxy groups -OCH3 is 2. The fourth-order valence-corrected chi connectivity index (χ4v) is 4.38. The molecule has 0 aliphatic carbocycles. The van der Waals surface area contributed by atoms with Gasteiger partial charge in [0.2, 0.25) is 0 Å². The van der Waals surface area contributed by atoms with E-state index in [-0.39, 0.29) is 4.83 Å². The second kappa shape index (κ2) is 7.36. The molecule has 0 radical (unpaired) electrons. The highest BCUT2D eigenvalue weighted by molar-refractivity contribution is 9.11. The predicted octanol–water partition coefficient (Wildman–Crippen LogP) is 6.37. The van der Waals surface area contributed by atoms with Gasteiger partial charge in [0.1, 0.15) is 16.0 Å². The lowest BCUT2D eigenvalue weighted by Crippen LogP contribution is -2.00. The Labute approximate surface area is 154 Å². The van der Waals surface area contributed by atoms with Gasteiger partial charge in [-0.1, -0.05) is 49.5 Å². The smallest absolute Gasteiger partial charge is 0.141 e. The molecular formula is C15H12Br3ClO2.